The Morgan fingerprint density at radius 3 is 2.76 bits per heavy atom. The van der Waals surface area contributed by atoms with Gasteiger partial charge in [0, 0.05) is 19.5 Å². The van der Waals surface area contributed by atoms with Crippen molar-refractivity contribution in [3.63, 3.8) is 0 Å². The van der Waals surface area contributed by atoms with Crippen molar-refractivity contribution in [3.05, 3.63) is 0 Å². The Hall–Kier alpha value is -1.14. The number of nitrogens with one attached hydrogen (secondary N) is 2. The molecule has 2 atom stereocenters. The molecule has 1 saturated heterocycles. The Morgan fingerprint density at radius 1 is 1.47 bits per heavy atom. The van der Waals surface area contributed by atoms with Gasteiger partial charge in [0.2, 0.25) is 11.8 Å². The van der Waals surface area contributed by atoms with Crippen LogP contribution in [0.5, 0.6) is 0 Å². The molecule has 0 bridgehead atoms. The summed E-state index contributed by atoms with van der Waals surface area (Å²) in [7, 11) is 1.64. The number of carbonyl (C=O) groups is 2. The lowest BCUT2D eigenvalue weighted by molar-refractivity contribution is -0.130. The summed E-state index contributed by atoms with van der Waals surface area (Å²) in [6.45, 7) is 3.25. The Morgan fingerprint density at radius 2 is 2.18 bits per heavy atom. The average Bonchev–Trinajstić information content (AvgIpc) is 2.37. The molecule has 4 N–H and O–H groups in total. The number of amides is 2. The Kier molecular flexibility index (Phi) is 5.37. The van der Waals surface area contributed by atoms with E-state index in [2.05, 4.69) is 15.6 Å². The molecule has 0 aromatic rings. The van der Waals surface area contributed by atoms with Gasteiger partial charge in [-0.25, -0.2) is 5.84 Å². The Bertz CT molecular complexity index is 283. The topological polar surface area (TPSA) is 87.5 Å². The van der Waals surface area contributed by atoms with E-state index < -0.39 is 0 Å². The van der Waals surface area contributed by atoms with Gasteiger partial charge in [-0.15, -0.1) is 0 Å². The van der Waals surface area contributed by atoms with Gasteiger partial charge in [0.1, 0.15) is 0 Å². The number of piperidine rings is 1. The number of likely N-dealkylation sites (N-methyl/N-ethyl adjacent to an activating group) is 1. The van der Waals surface area contributed by atoms with Crippen LogP contribution >= 0.6 is 0 Å². The molecule has 1 aliphatic rings. The highest BCUT2D eigenvalue weighted by Gasteiger charge is 2.29. The molecule has 1 rings (SSSR count). The quantitative estimate of drug-likeness (QED) is 0.342. The molecule has 98 valence electrons. The summed E-state index contributed by atoms with van der Waals surface area (Å²) < 4.78 is 0. The molecule has 1 heterocycles. The number of hydrogen-bond donors (Lipinski definition) is 3. The van der Waals surface area contributed by atoms with E-state index >= 15 is 0 Å². The maximum Gasteiger partial charge on any atom is 0.237 e. The molecule has 17 heavy (non-hydrogen) atoms. The summed E-state index contributed by atoms with van der Waals surface area (Å²) in [5.41, 5.74) is 2.15. The van der Waals surface area contributed by atoms with Crippen LogP contribution in [0.25, 0.3) is 0 Å². The molecule has 2 amide bonds. The third kappa shape index (κ3) is 3.67. The minimum atomic E-state index is -0.203. The Balaban J connectivity index is 2.59. The van der Waals surface area contributed by atoms with Crippen LogP contribution in [0, 0.1) is 5.92 Å². The van der Waals surface area contributed by atoms with Gasteiger partial charge in [-0.3, -0.25) is 19.9 Å². The van der Waals surface area contributed by atoms with Crippen molar-refractivity contribution in [2.75, 3.05) is 20.1 Å². The minimum absolute atomic E-state index is 0.0325. The van der Waals surface area contributed by atoms with Crippen molar-refractivity contribution >= 4 is 11.8 Å². The van der Waals surface area contributed by atoms with Crippen LogP contribution in [0.1, 0.15) is 26.2 Å². The van der Waals surface area contributed by atoms with Gasteiger partial charge in [-0.2, -0.15) is 0 Å². The average molecular weight is 242 g/mol. The molecule has 6 nitrogen and oxygen atoms in total. The molecule has 0 aromatic carbocycles. The van der Waals surface area contributed by atoms with E-state index in [1.165, 1.54) is 0 Å². The summed E-state index contributed by atoms with van der Waals surface area (Å²) in [5, 5.41) is 2.68. The first-order chi connectivity index (χ1) is 8.10. The lowest BCUT2D eigenvalue weighted by Gasteiger charge is -2.35. The summed E-state index contributed by atoms with van der Waals surface area (Å²) in [6, 6.07) is -0.109. The van der Waals surface area contributed by atoms with Crippen molar-refractivity contribution in [1.29, 1.82) is 0 Å². The third-order valence-corrected chi connectivity index (χ3v) is 3.26. The van der Waals surface area contributed by atoms with E-state index in [-0.39, 0.29) is 23.8 Å². The van der Waals surface area contributed by atoms with E-state index in [1.807, 2.05) is 6.92 Å². The fraction of sp³-hybridized carbons (Fsp3) is 0.818. The first-order valence-electron chi connectivity index (χ1n) is 6.06. The van der Waals surface area contributed by atoms with Gasteiger partial charge in [0.25, 0.3) is 0 Å². The zero-order valence-corrected chi connectivity index (χ0v) is 10.5. The van der Waals surface area contributed by atoms with Gasteiger partial charge in [0.15, 0.2) is 0 Å². The van der Waals surface area contributed by atoms with Gasteiger partial charge < -0.3 is 5.32 Å². The van der Waals surface area contributed by atoms with E-state index in [1.54, 1.807) is 7.05 Å². The molecule has 6 heteroatoms. The first kappa shape index (κ1) is 13.9. The van der Waals surface area contributed by atoms with Gasteiger partial charge in [0.05, 0.1) is 6.04 Å². The fourth-order valence-corrected chi connectivity index (χ4v) is 2.25. The highest BCUT2D eigenvalue weighted by Crippen LogP contribution is 2.18. The molecule has 0 aliphatic carbocycles. The van der Waals surface area contributed by atoms with Crippen molar-refractivity contribution in [3.8, 4) is 0 Å². The molecule has 1 fully saturated rings. The maximum atomic E-state index is 11.7. The van der Waals surface area contributed by atoms with Crippen LogP contribution in [-0.2, 0) is 9.59 Å². The number of carbonyl (C=O) groups excluding carboxylic acids is 2. The molecule has 0 spiro atoms. The standard InChI is InChI=1S/C11H22N4O2/c1-8(10(16)14-12)7-15-6-4-3-5-9(15)11(17)13-2/h8-9H,3-7,12H2,1-2H3,(H,13,17)(H,14,16). The highest BCUT2D eigenvalue weighted by atomic mass is 16.2. The SMILES string of the molecule is CNC(=O)C1CCCCN1CC(C)C(=O)NN. The fourth-order valence-electron chi connectivity index (χ4n) is 2.25. The summed E-state index contributed by atoms with van der Waals surface area (Å²) >= 11 is 0. The van der Waals surface area contributed by atoms with Crippen LogP contribution in [0.2, 0.25) is 0 Å². The number of nitrogens with two attached hydrogens (primary N) is 1. The van der Waals surface area contributed by atoms with Crippen LogP contribution in [0.15, 0.2) is 0 Å². The molecular weight excluding hydrogens is 220 g/mol. The van der Waals surface area contributed by atoms with Crippen LogP contribution in [0.3, 0.4) is 0 Å². The lowest BCUT2D eigenvalue weighted by Crippen LogP contribution is -2.51. The molecule has 1 aliphatic heterocycles. The number of likely N-dealkylation sites (tertiary alicyclic amines) is 1. The van der Waals surface area contributed by atoms with Gasteiger partial charge in [-0.05, 0) is 19.4 Å². The van der Waals surface area contributed by atoms with Crippen molar-refractivity contribution in [1.82, 2.24) is 15.6 Å². The normalized spacial score (nSPS) is 22.9. The zero-order chi connectivity index (χ0) is 12.8. The number of nitrogens with zero attached hydrogens (tertiary/aromatic N) is 1. The van der Waals surface area contributed by atoms with Crippen LogP contribution in [0.4, 0.5) is 0 Å². The molecule has 0 aromatic heterocycles. The predicted octanol–water partition coefficient (Wildman–Crippen LogP) is -0.787. The highest BCUT2D eigenvalue weighted by molar-refractivity contribution is 5.82. The van der Waals surface area contributed by atoms with E-state index in [0.29, 0.717) is 6.54 Å². The first-order valence-corrected chi connectivity index (χ1v) is 6.06. The van der Waals surface area contributed by atoms with E-state index in [0.717, 1.165) is 25.8 Å². The lowest BCUT2D eigenvalue weighted by atomic mass is 9.99. The van der Waals surface area contributed by atoms with Gasteiger partial charge >= 0.3 is 0 Å². The smallest absolute Gasteiger partial charge is 0.237 e. The summed E-state index contributed by atoms with van der Waals surface area (Å²) in [5.74, 6) is 4.74. The number of hydrogen-bond acceptors (Lipinski definition) is 4. The van der Waals surface area contributed by atoms with Crippen LogP contribution < -0.4 is 16.6 Å². The Labute approximate surface area is 102 Å². The maximum absolute atomic E-state index is 11.7. The molecule has 2 unspecified atom stereocenters. The third-order valence-electron chi connectivity index (χ3n) is 3.26. The van der Waals surface area contributed by atoms with Gasteiger partial charge in [-0.1, -0.05) is 13.3 Å². The second-order valence-corrected chi connectivity index (χ2v) is 4.53. The zero-order valence-electron chi connectivity index (χ0n) is 10.5. The number of hydrazine groups is 1. The minimum Gasteiger partial charge on any atom is -0.358 e. The largest absolute Gasteiger partial charge is 0.358 e. The number of rotatable bonds is 4. The molecule has 0 saturated carbocycles. The second-order valence-electron chi connectivity index (χ2n) is 4.53. The van der Waals surface area contributed by atoms with Crippen molar-refractivity contribution < 1.29 is 9.59 Å². The second kappa shape index (κ2) is 6.56. The van der Waals surface area contributed by atoms with E-state index in [4.69, 9.17) is 5.84 Å². The monoisotopic (exact) mass is 242 g/mol. The van der Waals surface area contributed by atoms with Crippen LogP contribution in [-0.4, -0.2) is 42.9 Å². The molecule has 0 radical (unpaired) electrons. The van der Waals surface area contributed by atoms with E-state index in [9.17, 15) is 9.59 Å². The summed E-state index contributed by atoms with van der Waals surface area (Å²) in [4.78, 5) is 25.2. The van der Waals surface area contributed by atoms with Crippen molar-refractivity contribution in [2.24, 2.45) is 11.8 Å². The summed E-state index contributed by atoms with van der Waals surface area (Å²) in [6.07, 6.45) is 2.99. The van der Waals surface area contributed by atoms with Crippen molar-refractivity contribution in [2.45, 2.75) is 32.2 Å². The predicted molar refractivity (Wildman–Crippen MR) is 64.8 cm³/mol. The molecular formula is C11H22N4O2.